The monoisotopic (exact) mass is 276 g/mol. The lowest BCUT2D eigenvalue weighted by molar-refractivity contribution is -0.119. The minimum atomic E-state index is -3.28. The van der Waals surface area contributed by atoms with Gasteiger partial charge in [0.25, 0.3) is 0 Å². The topological polar surface area (TPSA) is 89.3 Å². The van der Waals surface area contributed by atoms with E-state index in [4.69, 9.17) is 5.73 Å². The van der Waals surface area contributed by atoms with E-state index in [1.165, 1.54) is 0 Å². The van der Waals surface area contributed by atoms with Crippen molar-refractivity contribution in [3.05, 3.63) is 0 Å². The first kappa shape index (κ1) is 15.4. The number of rotatable bonds is 5. The van der Waals surface area contributed by atoms with E-state index in [2.05, 4.69) is 5.32 Å². The van der Waals surface area contributed by atoms with Crippen LogP contribution in [0.3, 0.4) is 0 Å². The number of amides is 1. The van der Waals surface area contributed by atoms with Crippen LogP contribution >= 0.6 is 0 Å². The molecule has 106 valence electrons. The first-order valence-electron chi connectivity index (χ1n) is 6.54. The zero-order valence-corrected chi connectivity index (χ0v) is 12.0. The molecule has 0 spiro atoms. The third kappa shape index (κ3) is 5.82. The molecule has 1 aliphatic carbocycles. The summed E-state index contributed by atoms with van der Waals surface area (Å²) in [6.45, 7) is 3.66. The fraction of sp³-hybridized carbons (Fsp3) is 0.917. The second-order valence-corrected chi connectivity index (χ2v) is 7.74. The van der Waals surface area contributed by atoms with Crippen molar-refractivity contribution in [2.75, 3.05) is 11.5 Å². The molecule has 0 aromatic heterocycles. The Hall–Kier alpha value is -0.620. The zero-order valence-electron chi connectivity index (χ0n) is 11.2. The lowest BCUT2D eigenvalue weighted by atomic mass is 9.92. The highest BCUT2D eigenvalue weighted by Crippen LogP contribution is 2.16. The SMILES string of the molecule is CC(C)CS(=O)(=O)CC(=O)NC1CCC(N)CC1. The average molecular weight is 276 g/mol. The van der Waals surface area contributed by atoms with Gasteiger partial charge in [0.1, 0.15) is 5.75 Å². The summed E-state index contributed by atoms with van der Waals surface area (Å²) in [6.07, 6.45) is 3.47. The Morgan fingerprint density at radius 1 is 1.28 bits per heavy atom. The molecule has 0 unspecified atom stereocenters. The van der Waals surface area contributed by atoms with Crippen LogP contribution in [0.15, 0.2) is 0 Å². The molecule has 0 aliphatic heterocycles. The fourth-order valence-electron chi connectivity index (χ4n) is 2.30. The second-order valence-electron chi connectivity index (χ2n) is 5.63. The predicted molar refractivity (Wildman–Crippen MR) is 71.9 cm³/mol. The van der Waals surface area contributed by atoms with Gasteiger partial charge in [-0.15, -0.1) is 0 Å². The van der Waals surface area contributed by atoms with Crippen LogP contribution < -0.4 is 11.1 Å². The lowest BCUT2D eigenvalue weighted by Crippen LogP contribution is -2.43. The highest BCUT2D eigenvalue weighted by atomic mass is 32.2. The number of hydrogen-bond acceptors (Lipinski definition) is 4. The molecule has 1 saturated carbocycles. The quantitative estimate of drug-likeness (QED) is 0.762. The highest BCUT2D eigenvalue weighted by Gasteiger charge is 2.23. The molecule has 0 bridgehead atoms. The van der Waals surface area contributed by atoms with Crippen molar-refractivity contribution in [3.63, 3.8) is 0 Å². The van der Waals surface area contributed by atoms with Gasteiger partial charge in [0.15, 0.2) is 9.84 Å². The number of carbonyl (C=O) groups excluding carboxylic acids is 1. The Labute approximate surface area is 109 Å². The van der Waals surface area contributed by atoms with Crippen LogP contribution in [0.2, 0.25) is 0 Å². The molecule has 1 amide bonds. The van der Waals surface area contributed by atoms with Gasteiger partial charge in [-0.3, -0.25) is 4.79 Å². The van der Waals surface area contributed by atoms with E-state index in [9.17, 15) is 13.2 Å². The largest absolute Gasteiger partial charge is 0.352 e. The van der Waals surface area contributed by atoms with Crippen LogP contribution in [-0.4, -0.2) is 37.9 Å². The Morgan fingerprint density at radius 3 is 2.33 bits per heavy atom. The van der Waals surface area contributed by atoms with Crippen molar-refractivity contribution < 1.29 is 13.2 Å². The summed E-state index contributed by atoms with van der Waals surface area (Å²) >= 11 is 0. The van der Waals surface area contributed by atoms with E-state index in [1.54, 1.807) is 0 Å². The van der Waals surface area contributed by atoms with Gasteiger partial charge in [-0.1, -0.05) is 13.8 Å². The third-order valence-electron chi connectivity index (χ3n) is 3.08. The van der Waals surface area contributed by atoms with Gasteiger partial charge in [-0.25, -0.2) is 8.42 Å². The van der Waals surface area contributed by atoms with Crippen LogP contribution in [-0.2, 0) is 14.6 Å². The average Bonchev–Trinajstić information content (AvgIpc) is 2.18. The fourth-order valence-corrected chi connectivity index (χ4v) is 3.92. The van der Waals surface area contributed by atoms with Crippen molar-refractivity contribution in [2.24, 2.45) is 11.7 Å². The Balaban J connectivity index is 2.37. The molecule has 0 aromatic carbocycles. The molecule has 1 fully saturated rings. The molecular formula is C12H24N2O3S. The number of nitrogens with one attached hydrogen (secondary N) is 1. The van der Waals surface area contributed by atoms with Crippen LogP contribution in [0.5, 0.6) is 0 Å². The summed E-state index contributed by atoms with van der Waals surface area (Å²) < 4.78 is 23.3. The standard InChI is InChI=1S/C12H24N2O3S/c1-9(2)7-18(16,17)8-12(15)14-11-5-3-10(13)4-6-11/h9-11H,3-8,13H2,1-2H3,(H,14,15). The minimum absolute atomic E-state index is 0.0514. The maximum absolute atomic E-state index is 11.7. The molecule has 0 atom stereocenters. The summed E-state index contributed by atoms with van der Waals surface area (Å²) in [7, 11) is -3.28. The van der Waals surface area contributed by atoms with Crippen LogP contribution in [0.4, 0.5) is 0 Å². The van der Waals surface area contributed by atoms with Gasteiger partial charge < -0.3 is 11.1 Å². The van der Waals surface area contributed by atoms with Gasteiger partial charge >= 0.3 is 0 Å². The second kappa shape index (κ2) is 6.52. The molecule has 18 heavy (non-hydrogen) atoms. The van der Waals surface area contributed by atoms with E-state index < -0.39 is 15.6 Å². The van der Waals surface area contributed by atoms with Gasteiger partial charge in [0, 0.05) is 12.1 Å². The number of carbonyl (C=O) groups is 1. The van der Waals surface area contributed by atoms with E-state index in [0.717, 1.165) is 25.7 Å². The normalized spacial score (nSPS) is 25.1. The first-order chi connectivity index (χ1) is 8.28. The maximum Gasteiger partial charge on any atom is 0.235 e. The summed E-state index contributed by atoms with van der Waals surface area (Å²) in [5.41, 5.74) is 5.78. The maximum atomic E-state index is 11.7. The molecule has 5 nitrogen and oxygen atoms in total. The third-order valence-corrected chi connectivity index (χ3v) is 4.95. The molecule has 0 saturated heterocycles. The predicted octanol–water partition coefficient (Wildman–Crippen LogP) is 0.443. The van der Waals surface area contributed by atoms with Gasteiger partial charge in [0.05, 0.1) is 5.75 Å². The molecule has 1 rings (SSSR count). The van der Waals surface area contributed by atoms with E-state index in [-0.39, 0.29) is 29.7 Å². The van der Waals surface area contributed by atoms with Gasteiger partial charge in [-0.05, 0) is 31.6 Å². The zero-order chi connectivity index (χ0) is 13.8. The van der Waals surface area contributed by atoms with Crippen LogP contribution in [0.25, 0.3) is 0 Å². The van der Waals surface area contributed by atoms with Crippen molar-refractivity contribution in [3.8, 4) is 0 Å². The van der Waals surface area contributed by atoms with E-state index in [0.29, 0.717) is 0 Å². The number of sulfone groups is 1. The molecular weight excluding hydrogens is 252 g/mol. The minimum Gasteiger partial charge on any atom is -0.352 e. The molecule has 3 N–H and O–H groups in total. The van der Waals surface area contributed by atoms with Crippen molar-refractivity contribution in [1.82, 2.24) is 5.32 Å². The van der Waals surface area contributed by atoms with Crippen molar-refractivity contribution >= 4 is 15.7 Å². The van der Waals surface area contributed by atoms with Crippen molar-refractivity contribution in [1.29, 1.82) is 0 Å². The molecule has 0 aromatic rings. The smallest absolute Gasteiger partial charge is 0.235 e. The van der Waals surface area contributed by atoms with Crippen molar-refractivity contribution in [2.45, 2.75) is 51.6 Å². The molecule has 0 radical (unpaired) electrons. The summed E-state index contributed by atoms with van der Waals surface area (Å²) in [4.78, 5) is 11.7. The molecule has 6 heteroatoms. The summed E-state index contributed by atoms with van der Waals surface area (Å²) in [5, 5.41) is 2.80. The lowest BCUT2D eigenvalue weighted by Gasteiger charge is -2.26. The summed E-state index contributed by atoms with van der Waals surface area (Å²) in [5.74, 6) is -0.657. The van der Waals surface area contributed by atoms with E-state index >= 15 is 0 Å². The highest BCUT2D eigenvalue weighted by molar-refractivity contribution is 7.92. The Bertz CT molecular complexity index is 371. The van der Waals surface area contributed by atoms with Crippen LogP contribution in [0.1, 0.15) is 39.5 Å². The Morgan fingerprint density at radius 2 is 1.83 bits per heavy atom. The number of hydrogen-bond donors (Lipinski definition) is 2. The first-order valence-corrected chi connectivity index (χ1v) is 8.36. The summed E-state index contributed by atoms with van der Waals surface area (Å²) in [6, 6.07) is 0.314. The van der Waals surface area contributed by atoms with Crippen LogP contribution in [0, 0.1) is 5.92 Å². The molecule has 1 aliphatic rings. The Kier molecular flexibility index (Phi) is 5.59. The molecule has 0 heterocycles. The van der Waals surface area contributed by atoms with E-state index in [1.807, 2.05) is 13.8 Å². The van der Waals surface area contributed by atoms with Gasteiger partial charge in [0.2, 0.25) is 5.91 Å². The number of nitrogens with two attached hydrogens (primary N) is 1. The van der Waals surface area contributed by atoms with Gasteiger partial charge in [-0.2, -0.15) is 0 Å².